The van der Waals surface area contributed by atoms with E-state index in [0.717, 1.165) is 60.9 Å². The van der Waals surface area contributed by atoms with E-state index in [4.69, 9.17) is 21.1 Å². The molecule has 0 spiro atoms. The van der Waals surface area contributed by atoms with Crippen LogP contribution in [0, 0.1) is 26.2 Å². The molecule has 1 aromatic heterocycles. The molecule has 1 aromatic carbocycles. The maximum absolute atomic E-state index is 13.8. The zero-order valence-electron chi connectivity index (χ0n) is 23.3. The van der Waals surface area contributed by atoms with Crippen LogP contribution in [0.2, 0.25) is 5.02 Å². The van der Waals surface area contributed by atoms with Gasteiger partial charge in [-0.15, -0.1) is 0 Å². The number of carbonyl (C=O) groups is 1. The summed E-state index contributed by atoms with van der Waals surface area (Å²) in [6, 6.07) is 1.94. The highest BCUT2D eigenvalue weighted by atomic mass is 35.5. The molecule has 0 radical (unpaired) electrons. The van der Waals surface area contributed by atoms with Crippen molar-refractivity contribution >= 4 is 17.5 Å². The van der Waals surface area contributed by atoms with Crippen molar-refractivity contribution in [3.05, 3.63) is 55.0 Å². The van der Waals surface area contributed by atoms with Gasteiger partial charge < -0.3 is 24.3 Å². The quantitative estimate of drug-likeness (QED) is 0.571. The summed E-state index contributed by atoms with van der Waals surface area (Å²) in [5.41, 5.74) is 4.56. The Morgan fingerprint density at radius 1 is 1.03 bits per heavy atom. The van der Waals surface area contributed by atoms with E-state index in [2.05, 4.69) is 30.9 Å². The topological polar surface area (TPSA) is 74.9 Å². The van der Waals surface area contributed by atoms with Gasteiger partial charge in [-0.3, -0.25) is 9.59 Å². The van der Waals surface area contributed by atoms with Crippen molar-refractivity contribution < 1.29 is 14.3 Å². The summed E-state index contributed by atoms with van der Waals surface area (Å²) in [6.45, 7) is 8.53. The molecule has 5 aliphatic rings. The number of amides is 1. The molecule has 0 saturated heterocycles. The van der Waals surface area contributed by atoms with Crippen LogP contribution in [0.5, 0.6) is 11.5 Å². The number of aryl methyl sites for hydroxylation is 2. The summed E-state index contributed by atoms with van der Waals surface area (Å²) in [6.07, 6.45) is 7.13. The van der Waals surface area contributed by atoms with Crippen LogP contribution < -0.4 is 15.0 Å². The standard InChI is InChI=1S/C30H38ClN3O4/c1-17-15-18(2)32-26(35)21(17)16-34-14-7-20-22(27(34)36)19(3)24-25(23(20)31)38-28(4,37-24)29-8-11-30(12-9-29,13-10-29)33(5)6/h15H,7-14,16H2,1-6H3,(H,32,35)/t28-,29?,30?/m0/s1. The highest BCUT2D eigenvalue weighted by Crippen LogP contribution is 2.63. The lowest BCUT2D eigenvalue weighted by Crippen LogP contribution is -2.62. The van der Waals surface area contributed by atoms with E-state index in [-0.39, 0.29) is 29.0 Å². The number of nitrogens with one attached hydrogen (secondary N) is 1. The van der Waals surface area contributed by atoms with E-state index in [1.807, 2.05) is 26.8 Å². The van der Waals surface area contributed by atoms with Gasteiger partial charge in [-0.2, -0.15) is 0 Å². The Morgan fingerprint density at radius 2 is 1.66 bits per heavy atom. The summed E-state index contributed by atoms with van der Waals surface area (Å²) < 4.78 is 13.4. The van der Waals surface area contributed by atoms with E-state index in [1.165, 1.54) is 0 Å². The van der Waals surface area contributed by atoms with Gasteiger partial charge in [0.25, 0.3) is 17.3 Å². The van der Waals surface area contributed by atoms with Gasteiger partial charge >= 0.3 is 0 Å². The van der Waals surface area contributed by atoms with E-state index in [9.17, 15) is 9.59 Å². The largest absolute Gasteiger partial charge is 0.448 e. The first-order valence-electron chi connectivity index (χ1n) is 13.8. The summed E-state index contributed by atoms with van der Waals surface area (Å²) in [5.74, 6) is 0.248. The molecule has 7 rings (SSSR count). The van der Waals surface area contributed by atoms with Crippen molar-refractivity contribution in [3.8, 4) is 11.5 Å². The van der Waals surface area contributed by atoms with E-state index >= 15 is 0 Å². The van der Waals surface area contributed by atoms with Gasteiger partial charge in [0.15, 0.2) is 11.5 Å². The molecule has 1 atom stereocenters. The fourth-order valence-electron chi connectivity index (χ4n) is 7.67. The maximum Gasteiger partial charge on any atom is 0.254 e. The Kier molecular flexibility index (Phi) is 5.76. The van der Waals surface area contributed by atoms with Crippen LogP contribution in [0.15, 0.2) is 10.9 Å². The number of benzene rings is 1. The number of ether oxygens (including phenoxy) is 2. The monoisotopic (exact) mass is 539 g/mol. The molecule has 3 aliphatic carbocycles. The summed E-state index contributed by atoms with van der Waals surface area (Å²) >= 11 is 6.98. The average Bonchev–Trinajstić information content (AvgIpc) is 3.26. The van der Waals surface area contributed by atoms with Gasteiger partial charge in [0, 0.05) is 41.2 Å². The third kappa shape index (κ3) is 3.50. The normalized spacial score (nSPS) is 29.8. The van der Waals surface area contributed by atoms with E-state index in [0.29, 0.717) is 40.6 Å². The SMILES string of the molecule is Cc1cc(C)c(CN2CCc3c(Cl)c4c(c(C)c3C2=O)O[C@](C)(C23CCC(N(C)C)(CC2)CC3)O4)c(=O)[nH]1. The number of H-pyrrole nitrogens is 1. The minimum atomic E-state index is -0.818. The van der Waals surface area contributed by atoms with Crippen LogP contribution >= 0.6 is 11.6 Å². The Hall–Kier alpha value is -2.51. The third-order valence-electron chi connectivity index (χ3n) is 10.4. The van der Waals surface area contributed by atoms with Crippen molar-refractivity contribution in [2.75, 3.05) is 20.6 Å². The van der Waals surface area contributed by atoms with E-state index in [1.54, 1.807) is 4.90 Å². The molecular formula is C30H38ClN3O4. The Morgan fingerprint density at radius 3 is 2.26 bits per heavy atom. The Balaban J connectivity index is 1.32. The minimum absolute atomic E-state index is 0.0832. The van der Waals surface area contributed by atoms with Crippen molar-refractivity contribution in [1.29, 1.82) is 0 Å². The Labute approximate surface area is 229 Å². The predicted molar refractivity (Wildman–Crippen MR) is 147 cm³/mol. The molecule has 2 aliphatic heterocycles. The summed E-state index contributed by atoms with van der Waals surface area (Å²) in [4.78, 5) is 33.5. The zero-order chi connectivity index (χ0) is 27.2. The number of carbonyl (C=O) groups excluding carboxylic acids is 1. The van der Waals surface area contributed by atoms with Gasteiger partial charge in [-0.25, -0.2) is 0 Å². The molecule has 204 valence electrons. The second kappa shape index (κ2) is 8.49. The molecule has 3 saturated carbocycles. The van der Waals surface area contributed by atoms with Crippen LogP contribution in [0.25, 0.3) is 0 Å². The fraction of sp³-hybridized carbons (Fsp3) is 0.600. The zero-order valence-corrected chi connectivity index (χ0v) is 24.1. The number of aromatic amines is 1. The first kappa shape index (κ1) is 25.8. The van der Waals surface area contributed by atoms with Crippen molar-refractivity contribution in [2.45, 2.75) is 90.5 Å². The van der Waals surface area contributed by atoms with Gasteiger partial charge in [0.2, 0.25) is 0 Å². The highest BCUT2D eigenvalue weighted by molar-refractivity contribution is 6.34. The first-order valence-corrected chi connectivity index (χ1v) is 14.2. The number of nitrogens with zero attached hydrogens (tertiary/aromatic N) is 2. The lowest BCUT2D eigenvalue weighted by molar-refractivity contribution is -0.211. The number of fused-ring (bicyclic) bond motifs is 5. The average molecular weight is 540 g/mol. The van der Waals surface area contributed by atoms with Crippen LogP contribution in [0.4, 0.5) is 0 Å². The maximum atomic E-state index is 13.8. The number of hydrogen-bond donors (Lipinski definition) is 1. The van der Waals surface area contributed by atoms with E-state index < -0.39 is 5.79 Å². The Bertz CT molecular complexity index is 1390. The lowest BCUT2D eigenvalue weighted by Gasteiger charge is -2.59. The second-order valence-corrected chi connectivity index (χ2v) is 12.8. The molecule has 3 fully saturated rings. The second-order valence-electron chi connectivity index (χ2n) is 12.4. The molecule has 7 nitrogen and oxygen atoms in total. The molecule has 38 heavy (non-hydrogen) atoms. The molecule has 8 heteroatoms. The van der Waals surface area contributed by atoms with Crippen molar-refractivity contribution in [3.63, 3.8) is 0 Å². The lowest BCUT2D eigenvalue weighted by atomic mass is 9.54. The number of aromatic nitrogens is 1. The first-order chi connectivity index (χ1) is 17.9. The smallest absolute Gasteiger partial charge is 0.254 e. The van der Waals surface area contributed by atoms with Crippen LogP contribution in [0.1, 0.15) is 83.8 Å². The molecule has 1 amide bonds. The third-order valence-corrected chi connectivity index (χ3v) is 10.8. The number of rotatable bonds is 4. The van der Waals surface area contributed by atoms with Crippen LogP contribution in [0.3, 0.4) is 0 Å². The molecule has 3 heterocycles. The molecule has 2 aromatic rings. The molecule has 2 bridgehead atoms. The number of hydrogen-bond acceptors (Lipinski definition) is 5. The summed E-state index contributed by atoms with van der Waals surface area (Å²) in [7, 11) is 4.39. The number of pyridine rings is 1. The van der Waals surface area contributed by atoms with Gasteiger partial charge in [-0.1, -0.05) is 11.6 Å². The summed E-state index contributed by atoms with van der Waals surface area (Å²) in [5, 5.41) is 0.493. The number of halogens is 1. The predicted octanol–water partition coefficient (Wildman–Crippen LogP) is 5.29. The molecule has 0 unspecified atom stereocenters. The minimum Gasteiger partial charge on any atom is -0.448 e. The van der Waals surface area contributed by atoms with Crippen molar-refractivity contribution in [1.82, 2.24) is 14.8 Å². The van der Waals surface area contributed by atoms with Crippen LogP contribution in [-0.2, 0) is 13.0 Å². The van der Waals surface area contributed by atoms with Crippen molar-refractivity contribution in [2.24, 2.45) is 5.41 Å². The van der Waals surface area contributed by atoms with Gasteiger partial charge in [0.05, 0.1) is 17.1 Å². The van der Waals surface area contributed by atoms with Gasteiger partial charge in [0.1, 0.15) is 0 Å². The molecule has 1 N–H and O–H groups in total. The highest BCUT2D eigenvalue weighted by Gasteiger charge is 2.62. The fourth-order valence-corrected chi connectivity index (χ4v) is 7.98. The molecular weight excluding hydrogens is 502 g/mol. The van der Waals surface area contributed by atoms with Crippen LogP contribution in [-0.4, -0.2) is 52.7 Å². The van der Waals surface area contributed by atoms with Gasteiger partial charge in [-0.05, 0) is 97.0 Å².